The van der Waals surface area contributed by atoms with E-state index in [4.69, 9.17) is 16.3 Å². The molecule has 3 saturated carbocycles. The molecule has 10 nitrogen and oxygen atoms in total. The first-order valence-electron chi connectivity index (χ1n) is 9.96. The molecule has 0 unspecified atom stereocenters. The van der Waals surface area contributed by atoms with Crippen molar-refractivity contribution in [3.63, 3.8) is 0 Å². The number of nitrogens with one attached hydrogen (secondary N) is 1. The molecule has 4 aliphatic rings. The van der Waals surface area contributed by atoms with E-state index in [0.717, 1.165) is 10.9 Å². The van der Waals surface area contributed by atoms with E-state index < -0.39 is 21.6 Å². The molecule has 13 heteroatoms. The van der Waals surface area contributed by atoms with Crippen LogP contribution in [0, 0.1) is 5.41 Å². The Morgan fingerprint density at radius 1 is 1.36 bits per heavy atom. The van der Waals surface area contributed by atoms with Crippen LogP contribution in [0.3, 0.4) is 0 Å². The number of rotatable bonds is 7. The van der Waals surface area contributed by atoms with Crippen molar-refractivity contribution in [2.75, 3.05) is 6.61 Å². The number of pyridine rings is 1. The maximum atomic E-state index is 13.6. The Balaban J connectivity index is 1.27. The van der Waals surface area contributed by atoms with Crippen molar-refractivity contribution in [3.05, 3.63) is 45.7 Å². The van der Waals surface area contributed by atoms with E-state index in [1.54, 1.807) is 12.3 Å². The zero-order valence-electron chi connectivity index (χ0n) is 17.5. The number of hydrogen-bond acceptors (Lipinski definition) is 7. The fourth-order valence-corrected chi connectivity index (χ4v) is 5.78. The predicted molar refractivity (Wildman–Crippen MR) is 117 cm³/mol. The largest absolute Gasteiger partial charge is 0.476 e. The molecule has 2 bridgehead atoms. The lowest BCUT2D eigenvalue weighted by molar-refractivity contribution is -0.468. The summed E-state index contributed by atoms with van der Waals surface area (Å²) in [4.78, 5) is 16.5. The Labute approximate surface area is 193 Å². The number of ether oxygens (including phenoxy) is 1. The molecule has 1 N–H and O–H groups in total. The summed E-state index contributed by atoms with van der Waals surface area (Å²) in [5, 5.41) is 7.83. The van der Waals surface area contributed by atoms with Gasteiger partial charge >= 0.3 is 0 Å². The highest BCUT2D eigenvalue weighted by molar-refractivity contribution is 7.94. The third-order valence-corrected chi connectivity index (χ3v) is 7.78. The Morgan fingerprint density at radius 2 is 2.09 bits per heavy atom. The number of nitrogens with zero attached hydrogens (tertiary/aromatic N) is 5. The van der Waals surface area contributed by atoms with Crippen LogP contribution in [-0.4, -0.2) is 59.0 Å². The Bertz CT molecular complexity index is 1360. The summed E-state index contributed by atoms with van der Waals surface area (Å²) in [5.74, 6) is -0.277. The number of allylic oxidation sites excluding steroid dienone is 2. The van der Waals surface area contributed by atoms with Gasteiger partial charge in [0.15, 0.2) is 17.4 Å². The van der Waals surface area contributed by atoms with Gasteiger partial charge in [-0.15, -0.1) is 5.10 Å². The number of carbonyl (C=O) groups is 1. The van der Waals surface area contributed by atoms with Gasteiger partial charge in [-0.2, -0.15) is 0 Å². The molecule has 172 valence electrons. The minimum absolute atomic E-state index is 0.0691. The first-order chi connectivity index (χ1) is 15.5. The summed E-state index contributed by atoms with van der Waals surface area (Å²) in [7, 11) is -4.18. The molecule has 1 aliphatic heterocycles. The van der Waals surface area contributed by atoms with Crippen LogP contribution in [0.4, 0.5) is 4.39 Å². The number of carbonyl (C=O) groups excluding carboxylic acids is 1. The monoisotopic (exact) mass is 493 g/mol. The smallest absolute Gasteiger partial charge is 0.272 e. The second-order valence-electron chi connectivity index (χ2n) is 8.60. The highest BCUT2D eigenvalue weighted by Gasteiger charge is 2.69. The van der Waals surface area contributed by atoms with Gasteiger partial charge in [-0.1, -0.05) is 16.3 Å². The highest BCUT2D eigenvalue weighted by Crippen LogP contribution is 2.69. The molecule has 0 aromatic carbocycles. The lowest BCUT2D eigenvalue weighted by Crippen LogP contribution is -2.66. The molecule has 3 aliphatic carbocycles. The molecule has 0 radical (unpaired) electrons. The van der Waals surface area contributed by atoms with E-state index >= 15 is 0 Å². The van der Waals surface area contributed by atoms with Gasteiger partial charge < -0.3 is 4.74 Å². The molecule has 0 spiro atoms. The van der Waals surface area contributed by atoms with Crippen molar-refractivity contribution in [1.82, 2.24) is 19.5 Å². The number of hydrogen-bond donors (Lipinski definition) is 1. The van der Waals surface area contributed by atoms with Crippen molar-refractivity contribution in [3.8, 4) is 11.7 Å². The van der Waals surface area contributed by atoms with Crippen molar-refractivity contribution in [2.45, 2.75) is 31.9 Å². The van der Waals surface area contributed by atoms with Gasteiger partial charge in [0, 0.05) is 24.6 Å². The molecule has 3 heterocycles. The second kappa shape index (κ2) is 7.19. The van der Waals surface area contributed by atoms with E-state index in [1.165, 1.54) is 23.7 Å². The maximum Gasteiger partial charge on any atom is 0.272 e. The normalized spacial score (nSPS) is 25.6. The molecular formula is C20H19ClFN6O4S+. The lowest BCUT2D eigenvalue weighted by Gasteiger charge is -2.65. The van der Waals surface area contributed by atoms with Crippen LogP contribution in [0.2, 0.25) is 5.15 Å². The van der Waals surface area contributed by atoms with E-state index in [0.29, 0.717) is 37.6 Å². The van der Waals surface area contributed by atoms with Crippen molar-refractivity contribution >= 4 is 40.5 Å². The minimum atomic E-state index is -4.18. The van der Waals surface area contributed by atoms with Crippen molar-refractivity contribution in [2.24, 2.45) is 10.5 Å². The van der Waals surface area contributed by atoms with Gasteiger partial charge in [-0.3, -0.25) is 4.79 Å². The van der Waals surface area contributed by atoms with Gasteiger partial charge in [-0.25, -0.2) is 27.2 Å². The SMILES string of the molecule is C=[N+]1N=CC(S(=O)(=O)NC(=O)c2ccc(-n3ccc(OCC45CC(F)(C4)C5)n3)nc2Cl)=C1C. The topological polar surface area (TPSA) is 119 Å². The average Bonchev–Trinajstić information content (AvgIpc) is 3.30. The second-order valence-corrected chi connectivity index (χ2v) is 10.6. The zero-order chi connectivity index (χ0) is 23.6. The Morgan fingerprint density at radius 3 is 2.70 bits per heavy atom. The molecule has 0 saturated heterocycles. The van der Waals surface area contributed by atoms with Crippen LogP contribution < -0.4 is 9.46 Å². The summed E-state index contributed by atoms with van der Waals surface area (Å²) < 4.78 is 48.8. The van der Waals surface area contributed by atoms with E-state index in [9.17, 15) is 17.6 Å². The van der Waals surface area contributed by atoms with E-state index in [1.807, 2.05) is 4.72 Å². The van der Waals surface area contributed by atoms with Gasteiger partial charge in [-0.05, 0) is 36.5 Å². The quantitative estimate of drug-likeness (QED) is 0.466. The maximum absolute atomic E-state index is 13.6. The van der Waals surface area contributed by atoms with E-state index in [2.05, 4.69) is 21.9 Å². The molecule has 6 rings (SSSR count). The summed E-state index contributed by atoms with van der Waals surface area (Å²) >= 11 is 6.16. The minimum Gasteiger partial charge on any atom is -0.476 e. The summed E-state index contributed by atoms with van der Waals surface area (Å²) in [5.41, 5.74) is -0.911. The van der Waals surface area contributed by atoms with Crippen LogP contribution in [-0.2, 0) is 10.0 Å². The summed E-state index contributed by atoms with van der Waals surface area (Å²) in [6.07, 6.45) is 4.31. The molecule has 2 aromatic rings. The van der Waals surface area contributed by atoms with Gasteiger partial charge in [0.25, 0.3) is 15.9 Å². The molecular weight excluding hydrogens is 475 g/mol. The first-order valence-corrected chi connectivity index (χ1v) is 11.8. The number of aromatic nitrogens is 3. The molecule has 2 aromatic heterocycles. The number of hydrazone groups is 1. The van der Waals surface area contributed by atoms with E-state index in [-0.39, 0.29) is 26.7 Å². The van der Waals surface area contributed by atoms with Crippen LogP contribution in [0.25, 0.3) is 5.82 Å². The fraction of sp³-hybridized carbons (Fsp3) is 0.350. The van der Waals surface area contributed by atoms with Crippen LogP contribution >= 0.6 is 11.6 Å². The molecule has 33 heavy (non-hydrogen) atoms. The third kappa shape index (κ3) is 3.72. The Kier molecular flexibility index (Phi) is 4.73. The fourth-order valence-electron chi connectivity index (χ4n) is 4.40. The van der Waals surface area contributed by atoms with Gasteiger partial charge in [0.1, 0.15) is 17.0 Å². The standard InChI is InChI=1S/C20H18ClFN6O4S/c1-12-14(7-23-27(12)2)33(30,31)26-18(29)13-3-4-15(24-17(13)21)28-6-5-16(25-28)32-11-19-8-20(22,9-19)10-19/h3-7H,2,8-11H2,1H3/p+1. The zero-order valence-corrected chi connectivity index (χ0v) is 19.0. The first kappa shape index (κ1) is 21.7. The molecule has 3 fully saturated rings. The number of amides is 1. The average molecular weight is 494 g/mol. The highest BCUT2D eigenvalue weighted by atomic mass is 35.5. The summed E-state index contributed by atoms with van der Waals surface area (Å²) in [6, 6.07) is 4.46. The van der Waals surface area contributed by atoms with Crippen LogP contribution in [0.15, 0.2) is 40.1 Å². The Hall–Kier alpha value is -3.12. The molecule has 0 atom stereocenters. The van der Waals surface area contributed by atoms with Crippen molar-refractivity contribution < 1.29 is 27.0 Å². The van der Waals surface area contributed by atoms with Crippen molar-refractivity contribution in [1.29, 1.82) is 0 Å². The van der Waals surface area contributed by atoms with Gasteiger partial charge in [0.05, 0.1) is 12.2 Å². The third-order valence-electron chi connectivity index (χ3n) is 6.05. The number of halogens is 2. The van der Waals surface area contributed by atoms with Crippen LogP contribution in [0.5, 0.6) is 5.88 Å². The molecule has 1 amide bonds. The van der Waals surface area contributed by atoms with Crippen LogP contribution in [0.1, 0.15) is 36.5 Å². The predicted octanol–water partition coefficient (Wildman–Crippen LogP) is 2.20. The lowest BCUT2D eigenvalue weighted by atomic mass is 9.43. The number of sulfonamides is 1. The van der Waals surface area contributed by atoms with Gasteiger partial charge in [0.2, 0.25) is 11.6 Å². The summed E-state index contributed by atoms with van der Waals surface area (Å²) in [6.45, 7) is 5.46. The number of alkyl halides is 1.